The number of aromatic nitrogens is 4. The molecule has 4 rings (SSSR count). The van der Waals surface area contributed by atoms with Gasteiger partial charge in [-0.25, -0.2) is 8.78 Å². The second kappa shape index (κ2) is 7.34. The number of hydrogen-bond acceptors (Lipinski definition) is 4. The standard InChI is InChI=1S/C21H18F2N4O/c1-13-16(4-3-9-24-13)17-7-5-15(27-12-25-26-21(17)27)6-8-18-19(23)10-14(22)11-20(18)28-2/h3-5,7,9-12H,6,8H2,1-2H3. The maximum atomic E-state index is 14.2. The van der Waals surface area contributed by atoms with Crippen molar-refractivity contribution in [3.05, 3.63) is 77.5 Å². The van der Waals surface area contributed by atoms with Crippen LogP contribution < -0.4 is 4.74 Å². The number of pyridine rings is 2. The molecule has 0 radical (unpaired) electrons. The van der Waals surface area contributed by atoms with Crippen molar-refractivity contribution in [1.29, 1.82) is 0 Å². The third-order valence-corrected chi connectivity index (χ3v) is 4.81. The number of aryl methyl sites for hydroxylation is 2. The molecule has 3 aromatic heterocycles. The number of ether oxygens (including phenoxy) is 1. The molecule has 0 aliphatic rings. The molecule has 28 heavy (non-hydrogen) atoms. The summed E-state index contributed by atoms with van der Waals surface area (Å²) < 4.78 is 34.7. The molecule has 0 saturated heterocycles. The molecule has 7 heteroatoms. The van der Waals surface area contributed by atoms with Crippen LogP contribution in [0.4, 0.5) is 8.78 Å². The summed E-state index contributed by atoms with van der Waals surface area (Å²) in [5.41, 5.74) is 4.78. The lowest BCUT2D eigenvalue weighted by atomic mass is 10.0. The molecule has 0 bridgehead atoms. The minimum atomic E-state index is -0.657. The van der Waals surface area contributed by atoms with E-state index in [1.807, 2.05) is 35.6 Å². The summed E-state index contributed by atoms with van der Waals surface area (Å²) in [5.74, 6) is -1.06. The number of halogens is 2. The Hall–Kier alpha value is -3.35. The molecule has 0 saturated carbocycles. The predicted octanol–water partition coefficient (Wildman–Crippen LogP) is 4.17. The lowest BCUT2D eigenvalue weighted by Gasteiger charge is -2.12. The molecule has 0 atom stereocenters. The molecule has 5 nitrogen and oxygen atoms in total. The van der Waals surface area contributed by atoms with Gasteiger partial charge < -0.3 is 4.74 Å². The second-order valence-electron chi connectivity index (χ2n) is 6.47. The molecule has 4 aromatic rings. The van der Waals surface area contributed by atoms with Gasteiger partial charge in [0.05, 0.1) is 7.11 Å². The van der Waals surface area contributed by atoms with E-state index in [2.05, 4.69) is 15.2 Å². The van der Waals surface area contributed by atoms with Gasteiger partial charge in [-0.3, -0.25) is 9.38 Å². The molecule has 0 aliphatic heterocycles. The molecule has 0 aliphatic carbocycles. The highest BCUT2D eigenvalue weighted by atomic mass is 19.1. The van der Waals surface area contributed by atoms with Crippen molar-refractivity contribution in [2.45, 2.75) is 19.8 Å². The smallest absolute Gasteiger partial charge is 0.168 e. The monoisotopic (exact) mass is 380 g/mol. The largest absolute Gasteiger partial charge is 0.496 e. The Morgan fingerprint density at radius 2 is 1.93 bits per heavy atom. The zero-order valence-corrected chi connectivity index (χ0v) is 15.5. The first-order valence-corrected chi connectivity index (χ1v) is 8.84. The van der Waals surface area contributed by atoms with Crippen molar-refractivity contribution < 1.29 is 13.5 Å². The van der Waals surface area contributed by atoms with Crippen LogP contribution in [0.3, 0.4) is 0 Å². The molecule has 0 spiro atoms. The Bertz CT molecular complexity index is 1160. The van der Waals surface area contributed by atoms with Crippen LogP contribution in [0.25, 0.3) is 16.8 Å². The Morgan fingerprint density at radius 1 is 1.07 bits per heavy atom. The van der Waals surface area contributed by atoms with E-state index < -0.39 is 11.6 Å². The van der Waals surface area contributed by atoms with E-state index in [0.717, 1.165) is 28.6 Å². The van der Waals surface area contributed by atoms with Crippen molar-refractivity contribution in [2.75, 3.05) is 7.11 Å². The molecule has 1 aromatic carbocycles. The fraction of sp³-hybridized carbons (Fsp3) is 0.190. The van der Waals surface area contributed by atoms with Gasteiger partial charge in [0.1, 0.15) is 23.7 Å². The number of rotatable bonds is 5. The van der Waals surface area contributed by atoms with Crippen LogP contribution >= 0.6 is 0 Å². The first-order chi connectivity index (χ1) is 13.6. The summed E-state index contributed by atoms with van der Waals surface area (Å²) in [5, 5.41) is 8.29. The molecule has 142 valence electrons. The Kier molecular flexibility index (Phi) is 4.73. The van der Waals surface area contributed by atoms with Crippen LogP contribution in [0, 0.1) is 18.6 Å². The van der Waals surface area contributed by atoms with Crippen LogP contribution in [0.1, 0.15) is 17.0 Å². The molecule has 0 amide bonds. The van der Waals surface area contributed by atoms with Gasteiger partial charge in [-0.05, 0) is 38.0 Å². The van der Waals surface area contributed by atoms with Crippen LogP contribution in [-0.2, 0) is 12.8 Å². The zero-order valence-electron chi connectivity index (χ0n) is 15.5. The quantitative estimate of drug-likeness (QED) is 0.521. The summed E-state index contributed by atoms with van der Waals surface area (Å²) in [7, 11) is 1.40. The van der Waals surface area contributed by atoms with E-state index in [0.29, 0.717) is 24.1 Å². The summed E-state index contributed by atoms with van der Waals surface area (Å²) >= 11 is 0. The number of benzene rings is 1. The Morgan fingerprint density at radius 3 is 2.71 bits per heavy atom. The summed E-state index contributed by atoms with van der Waals surface area (Å²) in [6, 6.07) is 9.88. The van der Waals surface area contributed by atoms with Crippen molar-refractivity contribution >= 4 is 5.65 Å². The van der Waals surface area contributed by atoms with Crippen molar-refractivity contribution in [2.24, 2.45) is 0 Å². The van der Waals surface area contributed by atoms with Crippen LogP contribution in [-0.4, -0.2) is 26.7 Å². The SMILES string of the molecule is COc1cc(F)cc(F)c1CCc1ccc(-c2cccnc2C)c2nncn12. The van der Waals surface area contributed by atoms with Gasteiger partial charge in [0, 0.05) is 46.4 Å². The first kappa shape index (κ1) is 18.0. The van der Waals surface area contributed by atoms with E-state index in [4.69, 9.17) is 4.74 Å². The minimum absolute atomic E-state index is 0.208. The number of hydrogen-bond donors (Lipinski definition) is 0. The van der Waals surface area contributed by atoms with E-state index in [9.17, 15) is 8.78 Å². The van der Waals surface area contributed by atoms with E-state index in [1.54, 1.807) is 12.5 Å². The van der Waals surface area contributed by atoms with Gasteiger partial charge in [-0.1, -0.05) is 6.07 Å². The molecule has 3 heterocycles. The summed E-state index contributed by atoms with van der Waals surface area (Å²) in [6.07, 6.45) is 4.25. The predicted molar refractivity (Wildman–Crippen MR) is 101 cm³/mol. The summed E-state index contributed by atoms with van der Waals surface area (Å²) in [6.45, 7) is 1.94. The topological polar surface area (TPSA) is 52.3 Å². The van der Waals surface area contributed by atoms with Crippen LogP contribution in [0.5, 0.6) is 5.75 Å². The van der Waals surface area contributed by atoms with E-state index >= 15 is 0 Å². The van der Waals surface area contributed by atoms with E-state index in [-0.39, 0.29) is 5.75 Å². The fourth-order valence-electron chi connectivity index (χ4n) is 3.40. The third kappa shape index (κ3) is 3.19. The van der Waals surface area contributed by atoms with Gasteiger partial charge in [0.2, 0.25) is 0 Å². The second-order valence-corrected chi connectivity index (χ2v) is 6.47. The van der Waals surface area contributed by atoms with Gasteiger partial charge in [0.25, 0.3) is 0 Å². The highest BCUT2D eigenvalue weighted by Crippen LogP contribution is 2.28. The van der Waals surface area contributed by atoms with E-state index in [1.165, 1.54) is 13.2 Å². The minimum Gasteiger partial charge on any atom is -0.496 e. The van der Waals surface area contributed by atoms with Crippen molar-refractivity contribution in [3.8, 4) is 16.9 Å². The van der Waals surface area contributed by atoms with Crippen molar-refractivity contribution in [3.63, 3.8) is 0 Å². The Labute approximate surface area is 160 Å². The molecule has 0 unspecified atom stereocenters. The van der Waals surface area contributed by atoms with Gasteiger partial charge in [-0.2, -0.15) is 0 Å². The maximum absolute atomic E-state index is 14.2. The van der Waals surface area contributed by atoms with Gasteiger partial charge in [0.15, 0.2) is 5.65 Å². The summed E-state index contributed by atoms with van der Waals surface area (Å²) in [4.78, 5) is 4.34. The molecular weight excluding hydrogens is 362 g/mol. The highest BCUT2D eigenvalue weighted by molar-refractivity contribution is 5.78. The Balaban J connectivity index is 1.70. The zero-order chi connectivity index (χ0) is 19.7. The third-order valence-electron chi connectivity index (χ3n) is 4.81. The maximum Gasteiger partial charge on any atom is 0.168 e. The lowest BCUT2D eigenvalue weighted by Crippen LogP contribution is -2.04. The first-order valence-electron chi connectivity index (χ1n) is 8.84. The van der Waals surface area contributed by atoms with Crippen molar-refractivity contribution in [1.82, 2.24) is 19.6 Å². The average molecular weight is 380 g/mol. The normalized spacial score (nSPS) is 11.1. The van der Waals surface area contributed by atoms with Crippen LogP contribution in [0.15, 0.2) is 48.9 Å². The number of fused-ring (bicyclic) bond motifs is 1. The number of nitrogens with zero attached hydrogens (tertiary/aromatic N) is 4. The molecular formula is C21H18F2N4O. The van der Waals surface area contributed by atoms with Crippen LogP contribution in [0.2, 0.25) is 0 Å². The molecule has 0 N–H and O–H groups in total. The molecule has 0 fully saturated rings. The fourth-order valence-corrected chi connectivity index (χ4v) is 3.40. The highest BCUT2D eigenvalue weighted by Gasteiger charge is 2.15. The number of methoxy groups -OCH3 is 1. The van der Waals surface area contributed by atoms with Gasteiger partial charge >= 0.3 is 0 Å². The van der Waals surface area contributed by atoms with Gasteiger partial charge in [-0.15, -0.1) is 10.2 Å². The lowest BCUT2D eigenvalue weighted by molar-refractivity contribution is 0.399. The average Bonchev–Trinajstić information content (AvgIpc) is 3.17.